The molecule has 4 nitrogen and oxygen atoms in total. The van der Waals surface area contributed by atoms with Crippen LogP contribution in [0.5, 0.6) is 0 Å². The van der Waals surface area contributed by atoms with Gasteiger partial charge in [0.25, 0.3) is 5.91 Å². The monoisotopic (exact) mass is 300 g/mol. The third-order valence-electron chi connectivity index (χ3n) is 3.27. The van der Waals surface area contributed by atoms with Crippen LogP contribution in [0.2, 0.25) is 0 Å². The second-order valence-corrected chi connectivity index (χ2v) is 4.87. The van der Waals surface area contributed by atoms with Crippen LogP contribution >= 0.6 is 0 Å². The first kappa shape index (κ1) is 15.7. The average Bonchev–Trinajstić information content (AvgIpc) is 2.52. The van der Waals surface area contributed by atoms with Crippen LogP contribution in [-0.2, 0) is 11.3 Å². The molecule has 0 aliphatic heterocycles. The lowest BCUT2D eigenvalue weighted by Crippen LogP contribution is -2.37. The minimum absolute atomic E-state index is 0.0748. The van der Waals surface area contributed by atoms with E-state index >= 15 is 0 Å². The molecular weight excluding hydrogens is 283 g/mol. The van der Waals surface area contributed by atoms with Gasteiger partial charge in [0.05, 0.1) is 12.1 Å². The first-order valence-corrected chi connectivity index (χ1v) is 6.92. The summed E-state index contributed by atoms with van der Waals surface area (Å²) in [5.74, 6) is -1.54. The lowest BCUT2D eigenvalue weighted by molar-refractivity contribution is -0.120. The lowest BCUT2D eigenvalue weighted by Gasteiger charge is -2.09. The molecule has 2 amide bonds. The number of rotatable bonds is 5. The fraction of sp³-hybridized carbons (Fsp3) is 0.176. The van der Waals surface area contributed by atoms with E-state index in [1.807, 2.05) is 31.2 Å². The van der Waals surface area contributed by atoms with E-state index in [9.17, 15) is 14.0 Å². The van der Waals surface area contributed by atoms with Crippen LogP contribution < -0.4 is 10.6 Å². The summed E-state index contributed by atoms with van der Waals surface area (Å²) in [7, 11) is 0. The van der Waals surface area contributed by atoms with E-state index in [1.54, 1.807) is 6.07 Å². The van der Waals surface area contributed by atoms with Crippen LogP contribution in [0.1, 0.15) is 21.5 Å². The maximum absolute atomic E-state index is 13.4. The van der Waals surface area contributed by atoms with Crippen molar-refractivity contribution >= 4 is 11.8 Å². The molecule has 0 fully saturated rings. The number of aryl methyl sites for hydroxylation is 1. The van der Waals surface area contributed by atoms with Crippen molar-refractivity contribution in [3.63, 3.8) is 0 Å². The van der Waals surface area contributed by atoms with Crippen molar-refractivity contribution in [3.8, 4) is 0 Å². The second kappa shape index (κ2) is 7.36. The zero-order valence-electron chi connectivity index (χ0n) is 12.2. The van der Waals surface area contributed by atoms with Crippen LogP contribution in [0.4, 0.5) is 4.39 Å². The van der Waals surface area contributed by atoms with Gasteiger partial charge in [-0.15, -0.1) is 0 Å². The number of halogens is 1. The smallest absolute Gasteiger partial charge is 0.254 e. The molecule has 0 bridgehead atoms. The molecule has 0 atom stereocenters. The van der Waals surface area contributed by atoms with Crippen LogP contribution in [0.15, 0.2) is 48.5 Å². The van der Waals surface area contributed by atoms with Crippen molar-refractivity contribution in [2.75, 3.05) is 6.54 Å². The van der Waals surface area contributed by atoms with Gasteiger partial charge in [-0.05, 0) is 30.2 Å². The van der Waals surface area contributed by atoms with Crippen molar-refractivity contribution in [1.82, 2.24) is 10.6 Å². The summed E-state index contributed by atoms with van der Waals surface area (Å²) in [5, 5.41) is 5.11. The minimum Gasteiger partial charge on any atom is -0.350 e. The number of amides is 2. The lowest BCUT2D eigenvalue weighted by atomic mass is 10.1. The third kappa shape index (κ3) is 4.15. The molecule has 0 aliphatic carbocycles. The van der Waals surface area contributed by atoms with Gasteiger partial charge in [0, 0.05) is 6.54 Å². The van der Waals surface area contributed by atoms with E-state index in [2.05, 4.69) is 10.6 Å². The summed E-state index contributed by atoms with van der Waals surface area (Å²) < 4.78 is 13.4. The highest BCUT2D eigenvalue weighted by molar-refractivity contribution is 5.96. The van der Waals surface area contributed by atoms with Gasteiger partial charge in [-0.3, -0.25) is 9.59 Å². The predicted molar refractivity (Wildman–Crippen MR) is 81.8 cm³/mol. The summed E-state index contributed by atoms with van der Waals surface area (Å²) in [6.07, 6.45) is 0. The van der Waals surface area contributed by atoms with Gasteiger partial charge in [-0.2, -0.15) is 0 Å². The topological polar surface area (TPSA) is 58.2 Å². The molecule has 0 heterocycles. The molecule has 0 spiro atoms. The number of benzene rings is 2. The van der Waals surface area contributed by atoms with Gasteiger partial charge < -0.3 is 10.6 Å². The van der Waals surface area contributed by atoms with Gasteiger partial charge >= 0.3 is 0 Å². The Morgan fingerprint density at radius 1 is 1.00 bits per heavy atom. The standard InChI is InChI=1S/C17H17FN2O2/c1-12-6-2-3-7-13(12)10-19-16(21)11-20-17(22)14-8-4-5-9-15(14)18/h2-9H,10-11H2,1H3,(H,19,21)(H,20,22). The summed E-state index contributed by atoms with van der Waals surface area (Å²) in [6.45, 7) is 2.15. The van der Waals surface area contributed by atoms with Crippen molar-refractivity contribution in [2.45, 2.75) is 13.5 Å². The molecule has 2 rings (SSSR count). The molecule has 114 valence electrons. The second-order valence-electron chi connectivity index (χ2n) is 4.87. The van der Waals surface area contributed by atoms with Gasteiger partial charge in [0.15, 0.2) is 0 Å². The largest absolute Gasteiger partial charge is 0.350 e. The fourth-order valence-corrected chi connectivity index (χ4v) is 1.97. The van der Waals surface area contributed by atoms with E-state index in [0.717, 1.165) is 11.1 Å². The van der Waals surface area contributed by atoms with Crippen molar-refractivity contribution < 1.29 is 14.0 Å². The molecule has 22 heavy (non-hydrogen) atoms. The van der Waals surface area contributed by atoms with E-state index in [1.165, 1.54) is 18.2 Å². The molecule has 2 aromatic carbocycles. The number of carbonyl (C=O) groups excluding carboxylic acids is 2. The molecule has 0 aliphatic rings. The SMILES string of the molecule is Cc1ccccc1CNC(=O)CNC(=O)c1ccccc1F. The highest BCUT2D eigenvalue weighted by Gasteiger charge is 2.11. The zero-order chi connectivity index (χ0) is 15.9. The fourth-order valence-electron chi connectivity index (χ4n) is 1.97. The Labute approximate surface area is 128 Å². The summed E-state index contributed by atoms with van der Waals surface area (Å²) in [5.41, 5.74) is 2.02. The molecule has 0 saturated carbocycles. The van der Waals surface area contributed by atoms with Crippen LogP contribution in [0.25, 0.3) is 0 Å². The molecular formula is C17H17FN2O2. The van der Waals surface area contributed by atoms with E-state index in [4.69, 9.17) is 0 Å². The number of carbonyl (C=O) groups is 2. The number of hydrogen-bond donors (Lipinski definition) is 2. The van der Waals surface area contributed by atoms with Gasteiger partial charge in [-0.25, -0.2) is 4.39 Å². The summed E-state index contributed by atoms with van der Waals surface area (Å²) >= 11 is 0. The Morgan fingerprint density at radius 2 is 1.68 bits per heavy atom. The van der Waals surface area contributed by atoms with Crippen molar-refractivity contribution in [1.29, 1.82) is 0 Å². The van der Waals surface area contributed by atoms with Crippen LogP contribution in [0.3, 0.4) is 0 Å². The average molecular weight is 300 g/mol. The Bertz CT molecular complexity index is 686. The van der Waals surface area contributed by atoms with E-state index in [-0.39, 0.29) is 18.0 Å². The molecule has 0 saturated heterocycles. The summed E-state index contributed by atoms with van der Waals surface area (Å²) in [4.78, 5) is 23.5. The molecule has 2 N–H and O–H groups in total. The number of nitrogens with one attached hydrogen (secondary N) is 2. The van der Waals surface area contributed by atoms with Crippen LogP contribution in [-0.4, -0.2) is 18.4 Å². The molecule has 0 unspecified atom stereocenters. The molecule has 0 aromatic heterocycles. The Kier molecular flexibility index (Phi) is 5.25. The third-order valence-corrected chi connectivity index (χ3v) is 3.27. The van der Waals surface area contributed by atoms with Gasteiger partial charge in [0.2, 0.25) is 5.91 Å². The first-order valence-electron chi connectivity index (χ1n) is 6.92. The Balaban J connectivity index is 1.82. The summed E-state index contributed by atoms with van der Waals surface area (Å²) in [6, 6.07) is 13.3. The Hall–Kier alpha value is -2.69. The maximum Gasteiger partial charge on any atom is 0.254 e. The van der Waals surface area contributed by atoms with E-state index < -0.39 is 11.7 Å². The maximum atomic E-state index is 13.4. The zero-order valence-corrected chi connectivity index (χ0v) is 12.2. The molecule has 5 heteroatoms. The van der Waals surface area contributed by atoms with Crippen molar-refractivity contribution in [3.05, 3.63) is 71.0 Å². The highest BCUT2D eigenvalue weighted by Crippen LogP contribution is 2.06. The number of hydrogen-bond acceptors (Lipinski definition) is 2. The highest BCUT2D eigenvalue weighted by atomic mass is 19.1. The predicted octanol–water partition coefficient (Wildman–Crippen LogP) is 2.18. The van der Waals surface area contributed by atoms with Crippen molar-refractivity contribution in [2.24, 2.45) is 0 Å². The van der Waals surface area contributed by atoms with Crippen LogP contribution in [0, 0.1) is 12.7 Å². The minimum atomic E-state index is -0.611. The normalized spacial score (nSPS) is 10.1. The van der Waals surface area contributed by atoms with E-state index in [0.29, 0.717) is 6.54 Å². The molecule has 2 aromatic rings. The molecule has 0 radical (unpaired) electrons. The quantitative estimate of drug-likeness (QED) is 0.889. The van der Waals surface area contributed by atoms with Gasteiger partial charge in [0.1, 0.15) is 5.82 Å². The van der Waals surface area contributed by atoms with Gasteiger partial charge in [-0.1, -0.05) is 36.4 Å². The first-order chi connectivity index (χ1) is 10.6. The Morgan fingerprint density at radius 3 is 2.41 bits per heavy atom.